The highest BCUT2D eigenvalue weighted by Gasteiger charge is 2.07. The molecule has 1 unspecified atom stereocenters. The van der Waals surface area contributed by atoms with Gasteiger partial charge in [0.05, 0.1) is 6.54 Å². The summed E-state index contributed by atoms with van der Waals surface area (Å²) >= 11 is 0. The summed E-state index contributed by atoms with van der Waals surface area (Å²) in [5.74, 6) is 1.84. The average Bonchev–Trinajstić information content (AvgIpc) is 3.10. The fraction of sp³-hybridized carbons (Fsp3) is 0.350. The molecule has 0 saturated carbocycles. The van der Waals surface area contributed by atoms with Crippen LogP contribution in [-0.2, 0) is 6.42 Å². The molecule has 0 spiro atoms. The minimum atomic E-state index is -0.310. The number of hydrogen-bond donors (Lipinski definition) is 2. The molecule has 0 fully saturated rings. The Bertz CT molecular complexity index is 926. The predicted molar refractivity (Wildman–Crippen MR) is 107 cm³/mol. The van der Waals surface area contributed by atoms with Crippen LogP contribution >= 0.6 is 0 Å². The number of benzene rings is 1. The maximum atomic E-state index is 13.2. The van der Waals surface area contributed by atoms with E-state index in [0.717, 1.165) is 30.9 Å². The largest absolute Gasteiger partial charge is 0.489 e. The lowest BCUT2D eigenvalue weighted by atomic mass is 10.3. The van der Waals surface area contributed by atoms with Gasteiger partial charge in [0.25, 0.3) is 0 Å². The zero-order chi connectivity index (χ0) is 19.8. The summed E-state index contributed by atoms with van der Waals surface area (Å²) in [7, 11) is 1.72. The van der Waals surface area contributed by atoms with E-state index >= 15 is 0 Å². The minimum absolute atomic E-state index is 0.136. The summed E-state index contributed by atoms with van der Waals surface area (Å²) in [6.07, 6.45) is 3.54. The Hall–Kier alpha value is -3.16. The molecule has 1 aromatic carbocycles. The van der Waals surface area contributed by atoms with Crippen molar-refractivity contribution in [3.63, 3.8) is 0 Å². The number of nitrogens with zero attached hydrogens (tertiary/aromatic N) is 4. The number of ether oxygens (including phenoxy) is 1. The van der Waals surface area contributed by atoms with Crippen LogP contribution in [0.5, 0.6) is 5.75 Å². The fourth-order valence-corrected chi connectivity index (χ4v) is 2.79. The standard InChI is InChI=1S/C20H25FN6O/c1-15(28-17-8-5-7-16(21)13-17)14-24-20(22-2)23-11-6-10-19-26-25-18-9-3-4-12-27(18)19/h3-5,7-9,12-13,15H,6,10-11,14H2,1-2H3,(H2,22,23,24). The summed E-state index contributed by atoms with van der Waals surface area (Å²) in [5, 5.41) is 14.9. The molecule has 0 radical (unpaired) electrons. The quantitative estimate of drug-likeness (QED) is 0.354. The third-order valence-corrected chi connectivity index (χ3v) is 4.17. The molecule has 7 nitrogen and oxygen atoms in total. The first kappa shape index (κ1) is 19.6. The second-order valence-electron chi connectivity index (χ2n) is 6.41. The van der Waals surface area contributed by atoms with Gasteiger partial charge in [-0.1, -0.05) is 12.1 Å². The van der Waals surface area contributed by atoms with E-state index in [4.69, 9.17) is 4.74 Å². The molecule has 0 bridgehead atoms. The van der Waals surface area contributed by atoms with Crippen LogP contribution in [0.4, 0.5) is 4.39 Å². The molecule has 1 atom stereocenters. The highest BCUT2D eigenvalue weighted by atomic mass is 19.1. The number of rotatable bonds is 8. The van der Waals surface area contributed by atoms with Crippen molar-refractivity contribution in [1.29, 1.82) is 0 Å². The summed E-state index contributed by atoms with van der Waals surface area (Å²) in [4.78, 5) is 4.21. The molecule has 3 aromatic rings. The second-order valence-corrected chi connectivity index (χ2v) is 6.41. The number of aromatic nitrogens is 3. The van der Waals surface area contributed by atoms with E-state index in [2.05, 4.69) is 25.8 Å². The minimum Gasteiger partial charge on any atom is -0.489 e. The van der Waals surface area contributed by atoms with Gasteiger partial charge in [0.2, 0.25) is 0 Å². The average molecular weight is 384 g/mol. The molecule has 0 saturated heterocycles. The van der Waals surface area contributed by atoms with Crippen molar-refractivity contribution in [1.82, 2.24) is 25.2 Å². The molecule has 2 heterocycles. The molecule has 148 valence electrons. The second kappa shape index (κ2) is 9.68. The number of aryl methyl sites for hydroxylation is 1. The monoisotopic (exact) mass is 384 g/mol. The van der Waals surface area contributed by atoms with Crippen molar-refractivity contribution in [3.05, 3.63) is 60.3 Å². The van der Waals surface area contributed by atoms with Crippen molar-refractivity contribution in [2.45, 2.75) is 25.9 Å². The first-order valence-electron chi connectivity index (χ1n) is 9.31. The van der Waals surface area contributed by atoms with Crippen LogP contribution in [0.1, 0.15) is 19.2 Å². The number of halogens is 1. The maximum absolute atomic E-state index is 13.2. The van der Waals surface area contributed by atoms with Gasteiger partial charge in [-0.15, -0.1) is 10.2 Å². The Balaban J connectivity index is 1.38. The van der Waals surface area contributed by atoms with Gasteiger partial charge in [0.15, 0.2) is 11.6 Å². The van der Waals surface area contributed by atoms with Crippen LogP contribution in [0.3, 0.4) is 0 Å². The van der Waals surface area contributed by atoms with Gasteiger partial charge in [0.1, 0.15) is 23.5 Å². The topological polar surface area (TPSA) is 75.8 Å². The fourth-order valence-electron chi connectivity index (χ4n) is 2.79. The highest BCUT2D eigenvalue weighted by molar-refractivity contribution is 5.79. The third-order valence-electron chi connectivity index (χ3n) is 4.17. The molecule has 2 N–H and O–H groups in total. The first-order valence-corrected chi connectivity index (χ1v) is 9.31. The summed E-state index contributed by atoms with van der Waals surface area (Å²) < 4.78 is 20.9. The van der Waals surface area contributed by atoms with Gasteiger partial charge in [-0.3, -0.25) is 9.39 Å². The number of fused-ring (bicyclic) bond motifs is 1. The van der Waals surface area contributed by atoms with Crippen molar-refractivity contribution < 1.29 is 9.13 Å². The van der Waals surface area contributed by atoms with Gasteiger partial charge in [0, 0.05) is 32.3 Å². The summed E-state index contributed by atoms with van der Waals surface area (Å²) in [6.45, 7) is 3.22. The number of aliphatic imine (C=N–C) groups is 1. The zero-order valence-electron chi connectivity index (χ0n) is 16.1. The van der Waals surface area contributed by atoms with Crippen LogP contribution in [0.25, 0.3) is 5.65 Å². The molecular weight excluding hydrogens is 359 g/mol. The summed E-state index contributed by atoms with van der Waals surface area (Å²) in [6, 6.07) is 12.0. The lowest BCUT2D eigenvalue weighted by Crippen LogP contribution is -2.42. The van der Waals surface area contributed by atoms with E-state index in [0.29, 0.717) is 18.3 Å². The molecule has 0 aliphatic heterocycles. The molecule has 2 aromatic heterocycles. The SMILES string of the molecule is CN=C(NCCCc1nnc2ccccn12)NCC(C)Oc1cccc(F)c1. The highest BCUT2D eigenvalue weighted by Crippen LogP contribution is 2.13. The molecule has 3 rings (SSSR count). The van der Waals surface area contributed by atoms with Crippen LogP contribution in [-0.4, -0.2) is 46.8 Å². The first-order chi connectivity index (χ1) is 13.7. The Kier molecular flexibility index (Phi) is 6.78. The number of guanidine groups is 1. The van der Waals surface area contributed by atoms with E-state index in [9.17, 15) is 4.39 Å². The van der Waals surface area contributed by atoms with Crippen molar-refractivity contribution in [2.75, 3.05) is 20.1 Å². The molecule has 28 heavy (non-hydrogen) atoms. The van der Waals surface area contributed by atoms with Crippen molar-refractivity contribution in [2.24, 2.45) is 4.99 Å². The molecule has 0 aliphatic rings. The van der Waals surface area contributed by atoms with Crippen molar-refractivity contribution in [3.8, 4) is 5.75 Å². The van der Waals surface area contributed by atoms with E-state index < -0.39 is 0 Å². The van der Waals surface area contributed by atoms with Crippen LogP contribution in [0, 0.1) is 5.82 Å². The molecule has 0 aliphatic carbocycles. The number of nitrogens with one attached hydrogen (secondary N) is 2. The molecular formula is C20H25FN6O. The van der Waals surface area contributed by atoms with E-state index in [-0.39, 0.29) is 11.9 Å². The van der Waals surface area contributed by atoms with E-state index in [1.807, 2.05) is 35.7 Å². The Morgan fingerprint density at radius 2 is 2.11 bits per heavy atom. The van der Waals surface area contributed by atoms with Crippen LogP contribution in [0.15, 0.2) is 53.7 Å². The van der Waals surface area contributed by atoms with Gasteiger partial charge in [-0.2, -0.15) is 0 Å². The van der Waals surface area contributed by atoms with Gasteiger partial charge in [-0.25, -0.2) is 4.39 Å². The lowest BCUT2D eigenvalue weighted by molar-refractivity contribution is 0.223. The smallest absolute Gasteiger partial charge is 0.191 e. The van der Waals surface area contributed by atoms with Crippen molar-refractivity contribution >= 4 is 11.6 Å². The zero-order valence-corrected chi connectivity index (χ0v) is 16.1. The van der Waals surface area contributed by atoms with Gasteiger partial charge < -0.3 is 15.4 Å². The molecule has 8 heteroatoms. The normalized spacial score (nSPS) is 12.8. The predicted octanol–water partition coefficient (Wildman–Crippen LogP) is 2.43. The van der Waals surface area contributed by atoms with Gasteiger partial charge >= 0.3 is 0 Å². The molecule has 0 amide bonds. The Morgan fingerprint density at radius 1 is 1.21 bits per heavy atom. The van der Waals surface area contributed by atoms with Crippen LogP contribution in [0.2, 0.25) is 0 Å². The third kappa shape index (κ3) is 5.42. The summed E-state index contributed by atoms with van der Waals surface area (Å²) in [5.41, 5.74) is 0.857. The van der Waals surface area contributed by atoms with E-state index in [1.54, 1.807) is 19.2 Å². The lowest BCUT2D eigenvalue weighted by Gasteiger charge is -2.17. The Morgan fingerprint density at radius 3 is 2.93 bits per heavy atom. The van der Waals surface area contributed by atoms with Gasteiger partial charge in [-0.05, 0) is 37.6 Å². The maximum Gasteiger partial charge on any atom is 0.191 e. The van der Waals surface area contributed by atoms with E-state index in [1.165, 1.54) is 12.1 Å². The van der Waals surface area contributed by atoms with Crippen LogP contribution < -0.4 is 15.4 Å². The number of pyridine rings is 1. The number of hydrogen-bond acceptors (Lipinski definition) is 4. The Labute approximate surface area is 163 Å².